The number of nitrogens with zero attached hydrogens (tertiary/aromatic N) is 2. The minimum absolute atomic E-state index is 0.0302. The van der Waals surface area contributed by atoms with E-state index < -0.39 is 51.5 Å². The Morgan fingerprint density at radius 2 is 1.77 bits per heavy atom. The van der Waals surface area contributed by atoms with Crippen LogP contribution >= 0.6 is 11.8 Å². The highest BCUT2D eigenvalue weighted by atomic mass is 32.2. The Labute approximate surface area is 150 Å². The molecule has 144 valence electrons. The van der Waals surface area contributed by atoms with Crippen LogP contribution in [0.2, 0.25) is 0 Å². The summed E-state index contributed by atoms with van der Waals surface area (Å²) in [7, 11) is -2.49. The van der Waals surface area contributed by atoms with E-state index in [4.69, 9.17) is 0 Å². The van der Waals surface area contributed by atoms with Crippen LogP contribution in [-0.2, 0) is 10.8 Å². The number of rotatable bonds is 4. The molecule has 0 saturated carbocycles. The van der Waals surface area contributed by atoms with Crippen molar-refractivity contribution in [3.63, 3.8) is 0 Å². The lowest BCUT2D eigenvalue weighted by molar-refractivity contribution is -0.105. The van der Waals surface area contributed by atoms with Gasteiger partial charge in [-0.15, -0.1) is 0 Å². The summed E-state index contributed by atoms with van der Waals surface area (Å²) in [5.74, 6) is -2.53. The molecule has 0 aliphatic heterocycles. The summed E-state index contributed by atoms with van der Waals surface area (Å²) in [5, 5.41) is 3.77. The zero-order valence-electron chi connectivity index (χ0n) is 13.2. The Hall–Kier alpha value is -1.56. The maximum atomic E-state index is 14.2. The summed E-state index contributed by atoms with van der Waals surface area (Å²) >= 11 is -0.444. The first-order valence-electron chi connectivity index (χ1n) is 6.84. The highest BCUT2D eigenvalue weighted by molar-refractivity contribution is 8.00. The van der Waals surface area contributed by atoms with E-state index in [2.05, 4.69) is 5.10 Å². The van der Waals surface area contributed by atoms with Crippen LogP contribution in [0.5, 0.6) is 0 Å². The summed E-state index contributed by atoms with van der Waals surface area (Å²) < 4.78 is 102. The Bertz CT molecular complexity index is 843. The number of thioether (sulfide) groups is 1. The molecule has 3 nitrogen and oxygen atoms in total. The molecule has 12 heteroatoms. The zero-order valence-corrected chi connectivity index (χ0v) is 14.8. The lowest BCUT2D eigenvalue weighted by Crippen LogP contribution is -2.19. The molecular weight excluding hydrogens is 409 g/mol. The molecule has 0 amide bonds. The highest BCUT2D eigenvalue weighted by Gasteiger charge is 2.33. The molecule has 0 fully saturated rings. The van der Waals surface area contributed by atoms with E-state index >= 15 is 0 Å². The van der Waals surface area contributed by atoms with E-state index in [1.807, 2.05) is 0 Å². The average molecular weight is 420 g/mol. The van der Waals surface area contributed by atoms with Crippen LogP contribution in [0.25, 0.3) is 5.69 Å². The molecule has 0 radical (unpaired) electrons. The summed E-state index contributed by atoms with van der Waals surface area (Å²) in [5.41, 5.74) is -4.98. The van der Waals surface area contributed by atoms with Gasteiger partial charge in [-0.25, -0.2) is 9.07 Å². The number of halogens is 7. The second kappa shape index (κ2) is 7.22. The monoisotopic (exact) mass is 420 g/mol. The minimum Gasteiger partial charge on any atom is -0.254 e. The first-order chi connectivity index (χ1) is 11.8. The summed E-state index contributed by atoms with van der Waals surface area (Å²) in [6.45, 7) is 2.56. The molecule has 1 atom stereocenters. The molecule has 0 saturated heterocycles. The summed E-state index contributed by atoms with van der Waals surface area (Å²) in [4.78, 5) is -0.549. The van der Waals surface area contributed by atoms with Crippen molar-refractivity contribution < 1.29 is 34.9 Å². The third-order valence-electron chi connectivity index (χ3n) is 3.11. The largest absolute Gasteiger partial charge is 0.446 e. The van der Waals surface area contributed by atoms with Crippen molar-refractivity contribution >= 4 is 22.6 Å². The smallest absolute Gasteiger partial charge is 0.254 e. The Balaban J connectivity index is 2.46. The van der Waals surface area contributed by atoms with Crippen LogP contribution in [0, 0.1) is 19.7 Å². The predicted octanol–water partition coefficient (Wildman–Crippen LogP) is 4.91. The van der Waals surface area contributed by atoms with E-state index in [0.29, 0.717) is 0 Å². The van der Waals surface area contributed by atoms with Gasteiger partial charge in [0.2, 0.25) is 0 Å². The fourth-order valence-electron chi connectivity index (χ4n) is 2.08. The second-order valence-corrected chi connectivity index (χ2v) is 7.77. The Morgan fingerprint density at radius 3 is 2.31 bits per heavy atom. The Morgan fingerprint density at radius 1 is 1.15 bits per heavy atom. The highest BCUT2D eigenvalue weighted by Crippen LogP contribution is 2.38. The topological polar surface area (TPSA) is 34.9 Å². The first kappa shape index (κ1) is 20.7. The van der Waals surface area contributed by atoms with Crippen LogP contribution in [-0.4, -0.2) is 31.4 Å². The molecule has 1 unspecified atom stereocenters. The molecule has 1 heterocycles. The van der Waals surface area contributed by atoms with E-state index in [0.717, 1.165) is 23.0 Å². The molecule has 0 spiro atoms. The number of hydrogen-bond donors (Lipinski definition) is 0. The molecule has 0 aliphatic carbocycles. The van der Waals surface area contributed by atoms with Gasteiger partial charge in [-0.3, -0.25) is 4.21 Å². The van der Waals surface area contributed by atoms with Gasteiger partial charge in [0.05, 0.1) is 21.4 Å². The average Bonchev–Trinajstić information content (AvgIpc) is 2.75. The van der Waals surface area contributed by atoms with E-state index in [1.54, 1.807) is 0 Å². The molecule has 26 heavy (non-hydrogen) atoms. The lowest BCUT2D eigenvalue weighted by Gasteiger charge is -2.12. The van der Waals surface area contributed by atoms with Gasteiger partial charge in [0.1, 0.15) is 17.3 Å². The van der Waals surface area contributed by atoms with Crippen LogP contribution in [0.3, 0.4) is 0 Å². The maximum Gasteiger partial charge on any atom is 0.446 e. The van der Waals surface area contributed by atoms with Crippen LogP contribution in [0.4, 0.5) is 30.7 Å². The fourth-order valence-corrected chi connectivity index (χ4v) is 3.79. The first-order valence-corrected chi connectivity index (χ1v) is 8.98. The number of alkyl halides is 6. The zero-order chi connectivity index (χ0) is 19.9. The van der Waals surface area contributed by atoms with Gasteiger partial charge < -0.3 is 0 Å². The summed E-state index contributed by atoms with van der Waals surface area (Å²) in [6, 6.07) is 1.77. The number of benzene rings is 1. The second-order valence-electron chi connectivity index (χ2n) is 5.25. The van der Waals surface area contributed by atoms with Crippen LogP contribution in [0.1, 0.15) is 11.3 Å². The molecule has 2 rings (SSSR count). The normalized spacial score (nSPS) is 13.9. The third-order valence-corrected chi connectivity index (χ3v) is 5.48. The van der Waals surface area contributed by atoms with E-state index in [9.17, 15) is 34.9 Å². The number of aromatic nitrogens is 2. The molecule has 2 aromatic rings. The quantitative estimate of drug-likeness (QED) is 0.521. The number of hydrogen-bond acceptors (Lipinski definition) is 3. The molecule has 0 N–H and O–H groups in total. The van der Waals surface area contributed by atoms with Crippen molar-refractivity contribution in [1.29, 1.82) is 0 Å². The summed E-state index contributed by atoms with van der Waals surface area (Å²) in [6.07, 6.45) is -3.78. The molecular formula is C14H11F7N2OS2. The Kier molecular flexibility index (Phi) is 5.76. The van der Waals surface area contributed by atoms with Crippen molar-refractivity contribution in [3.8, 4) is 5.69 Å². The predicted molar refractivity (Wildman–Crippen MR) is 82.2 cm³/mol. The van der Waals surface area contributed by atoms with Gasteiger partial charge in [-0.2, -0.15) is 31.4 Å². The van der Waals surface area contributed by atoms with Crippen molar-refractivity contribution in [2.45, 2.75) is 35.3 Å². The fraction of sp³-hybridized carbons (Fsp3) is 0.357. The van der Waals surface area contributed by atoms with E-state index in [1.165, 1.54) is 13.8 Å². The van der Waals surface area contributed by atoms with Gasteiger partial charge in [0.25, 0.3) is 0 Å². The minimum atomic E-state index is -4.69. The standard InChI is InChI=1S/C14H11F7N2OS2/c1-7-3-9(15)10(4-12(7)26(24)6-13(16,17)18)23-5-11(8(2)22-23)25-14(19,20)21/h3-5H,6H2,1-2H3. The van der Waals surface area contributed by atoms with Gasteiger partial charge >= 0.3 is 11.7 Å². The maximum absolute atomic E-state index is 14.2. The van der Waals surface area contributed by atoms with Crippen molar-refractivity contribution in [1.82, 2.24) is 9.78 Å². The van der Waals surface area contributed by atoms with Crippen molar-refractivity contribution in [3.05, 3.63) is 35.4 Å². The van der Waals surface area contributed by atoms with Gasteiger partial charge in [0, 0.05) is 11.1 Å². The van der Waals surface area contributed by atoms with Gasteiger partial charge in [-0.1, -0.05) is 0 Å². The van der Waals surface area contributed by atoms with Gasteiger partial charge in [0.15, 0.2) is 0 Å². The van der Waals surface area contributed by atoms with Crippen LogP contribution < -0.4 is 0 Å². The molecule has 0 bridgehead atoms. The molecule has 1 aromatic carbocycles. The van der Waals surface area contributed by atoms with Crippen LogP contribution in [0.15, 0.2) is 28.1 Å². The lowest BCUT2D eigenvalue weighted by atomic mass is 10.2. The third kappa shape index (κ3) is 5.22. The molecule has 0 aliphatic rings. The van der Waals surface area contributed by atoms with Gasteiger partial charge in [-0.05, 0) is 43.3 Å². The van der Waals surface area contributed by atoms with Crippen molar-refractivity contribution in [2.75, 3.05) is 5.75 Å². The van der Waals surface area contributed by atoms with E-state index in [-0.39, 0.29) is 21.0 Å². The SMILES string of the molecule is Cc1cc(F)c(-n2cc(SC(F)(F)F)c(C)n2)cc1S(=O)CC(F)(F)F. The van der Waals surface area contributed by atoms with Crippen molar-refractivity contribution in [2.24, 2.45) is 0 Å². The molecule has 1 aromatic heterocycles. The number of aryl methyl sites for hydroxylation is 2.